The van der Waals surface area contributed by atoms with Crippen LogP contribution in [0.25, 0.3) is 22.7 Å². The van der Waals surface area contributed by atoms with Gasteiger partial charge in [0.2, 0.25) is 17.7 Å². The molecule has 12 heteroatoms. The molecule has 0 bridgehead atoms. The lowest BCUT2D eigenvalue weighted by Gasteiger charge is -2.24. The van der Waals surface area contributed by atoms with Crippen LogP contribution in [0.15, 0.2) is 70.1 Å². The number of nitriles is 1. The lowest BCUT2D eigenvalue weighted by atomic mass is 10.1. The van der Waals surface area contributed by atoms with E-state index in [1.807, 2.05) is 0 Å². The predicted molar refractivity (Wildman–Crippen MR) is 145 cm³/mol. The highest BCUT2D eigenvalue weighted by atomic mass is 32.2. The first kappa shape index (κ1) is 26.7. The quantitative estimate of drug-likeness (QED) is 0.293. The second kappa shape index (κ2) is 9.55. The lowest BCUT2D eigenvalue weighted by molar-refractivity contribution is -0.137. The molecule has 0 saturated heterocycles. The van der Waals surface area contributed by atoms with E-state index in [9.17, 15) is 27.4 Å². The first-order chi connectivity index (χ1) is 19.5. The summed E-state index contributed by atoms with van der Waals surface area (Å²) in [5, 5.41) is 17.6. The number of aromatic nitrogens is 3. The Labute approximate surface area is 233 Å². The van der Waals surface area contributed by atoms with E-state index in [1.165, 1.54) is 11.0 Å². The molecule has 4 aromatic rings. The van der Waals surface area contributed by atoms with E-state index < -0.39 is 26.7 Å². The molecule has 1 amide bonds. The van der Waals surface area contributed by atoms with Gasteiger partial charge in [-0.05, 0) is 64.1 Å². The van der Waals surface area contributed by atoms with E-state index in [-0.39, 0.29) is 36.4 Å². The minimum atomic E-state index is -4.47. The van der Waals surface area contributed by atoms with Gasteiger partial charge in [-0.1, -0.05) is 24.3 Å². The Balaban J connectivity index is 1.31. The molecule has 8 nitrogen and oxygen atoms in total. The van der Waals surface area contributed by atoms with Gasteiger partial charge in [-0.25, -0.2) is 0 Å². The van der Waals surface area contributed by atoms with Gasteiger partial charge >= 0.3 is 6.18 Å². The van der Waals surface area contributed by atoms with Crippen molar-refractivity contribution in [2.24, 2.45) is 0 Å². The Hall–Kier alpha value is -4.50. The average molecular weight is 578 g/mol. The molecule has 6 rings (SSSR count). The SMILES string of the molecule is C=S1(=O)CCC(=O)N(Cc2ccc(-c3ccc(C(F)(F)F)cn3)cc2)c2cc(-c3nnc(C4(C#N)CC4)o3)ccc21. The van der Waals surface area contributed by atoms with Gasteiger partial charge in [0.25, 0.3) is 0 Å². The fraction of sp³-hybridized carbons (Fsp3) is 0.241. The Bertz CT molecular complexity index is 1800. The fourth-order valence-corrected chi connectivity index (χ4v) is 6.30. The highest BCUT2D eigenvalue weighted by Crippen LogP contribution is 2.47. The van der Waals surface area contributed by atoms with Crippen molar-refractivity contribution in [2.75, 3.05) is 10.7 Å². The number of alkyl halides is 3. The van der Waals surface area contributed by atoms with Crippen LogP contribution in [0, 0.1) is 11.3 Å². The number of fused-ring (bicyclic) bond motifs is 1. The van der Waals surface area contributed by atoms with Crippen LogP contribution in [-0.2, 0) is 32.5 Å². The number of pyridine rings is 1. The summed E-state index contributed by atoms with van der Waals surface area (Å²) in [5.74, 6) is 4.21. The molecule has 2 aliphatic rings. The second-order valence-corrected chi connectivity index (χ2v) is 12.6. The number of hydrogen-bond acceptors (Lipinski definition) is 7. The van der Waals surface area contributed by atoms with Crippen molar-refractivity contribution in [3.05, 3.63) is 77.8 Å². The summed E-state index contributed by atoms with van der Waals surface area (Å²) in [5.41, 5.74) is 1.09. The summed E-state index contributed by atoms with van der Waals surface area (Å²) in [6.45, 7) is 0.151. The molecule has 1 unspecified atom stereocenters. The van der Waals surface area contributed by atoms with Gasteiger partial charge < -0.3 is 9.32 Å². The zero-order valence-electron chi connectivity index (χ0n) is 21.5. The van der Waals surface area contributed by atoms with Crippen molar-refractivity contribution >= 4 is 27.0 Å². The molecule has 1 aliphatic heterocycles. The molecule has 3 heterocycles. The number of nitrogens with zero attached hydrogens (tertiary/aromatic N) is 5. The van der Waals surface area contributed by atoms with Gasteiger partial charge in [0, 0.05) is 29.5 Å². The molecule has 1 fully saturated rings. The normalized spacial score (nSPS) is 19.8. The molecular formula is C29H22F3N5O3S. The Morgan fingerprint density at radius 1 is 1.07 bits per heavy atom. The average Bonchev–Trinajstić information content (AvgIpc) is 3.62. The molecule has 0 N–H and O–H groups in total. The molecule has 2 aromatic carbocycles. The molecular weight excluding hydrogens is 555 g/mol. The first-order valence-corrected chi connectivity index (χ1v) is 14.6. The number of carbonyl (C=O) groups is 1. The third kappa shape index (κ3) is 4.97. The van der Waals surface area contributed by atoms with Gasteiger partial charge in [-0.3, -0.25) is 14.0 Å². The minimum absolute atomic E-state index is 0.0370. The van der Waals surface area contributed by atoms with E-state index in [0.29, 0.717) is 40.2 Å². The smallest absolute Gasteiger partial charge is 0.417 e. The highest BCUT2D eigenvalue weighted by Gasteiger charge is 2.50. The Morgan fingerprint density at radius 3 is 2.44 bits per heavy atom. The van der Waals surface area contributed by atoms with Crippen molar-refractivity contribution in [1.82, 2.24) is 15.2 Å². The van der Waals surface area contributed by atoms with E-state index in [2.05, 4.69) is 27.1 Å². The first-order valence-electron chi connectivity index (χ1n) is 12.7. The second-order valence-electron chi connectivity index (χ2n) is 10.2. The molecule has 2 aromatic heterocycles. The molecule has 208 valence electrons. The molecule has 0 radical (unpaired) electrons. The highest BCUT2D eigenvalue weighted by molar-refractivity contribution is 8.00. The van der Waals surface area contributed by atoms with Crippen LogP contribution in [0.1, 0.15) is 36.3 Å². The van der Waals surface area contributed by atoms with Crippen LogP contribution in [-0.4, -0.2) is 36.9 Å². The van der Waals surface area contributed by atoms with Crippen LogP contribution in [0.2, 0.25) is 0 Å². The summed E-state index contributed by atoms with van der Waals surface area (Å²) in [6.07, 6.45) is -2.34. The van der Waals surface area contributed by atoms with Crippen molar-refractivity contribution in [3.63, 3.8) is 0 Å². The third-order valence-electron chi connectivity index (χ3n) is 7.32. The molecule has 1 atom stereocenters. The Kier molecular flexibility index (Phi) is 6.22. The van der Waals surface area contributed by atoms with Crippen molar-refractivity contribution in [3.8, 4) is 28.8 Å². The van der Waals surface area contributed by atoms with Gasteiger partial charge in [0.15, 0.2) is 0 Å². The van der Waals surface area contributed by atoms with Crippen molar-refractivity contribution in [2.45, 2.75) is 42.3 Å². The largest absolute Gasteiger partial charge is 0.419 e. The summed E-state index contributed by atoms with van der Waals surface area (Å²) >= 11 is 0. The molecule has 1 saturated carbocycles. The predicted octanol–water partition coefficient (Wildman–Crippen LogP) is 5.38. The fourth-order valence-electron chi connectivity index (χ4n) is 4.71. The minimum Gasteiger partial charge on any atom is -0.419 e. The number of anilines is 1. The molecule has 1 aliphatic carbocycles. The van der Waals surface area contributed by atoms with Gasteiger partial charge in [0.1, 0.15) is 5.41 Å². The van der Waals surface area contributed by atoms with E-state index >= 15 is 0 Å². The van der Waals surface area contributed by atoms with E-state index in [1.54, 1.807) is 42.5 Å². The zero-order chi connectivity index (χ0) is 29.0. The zero-order valence-corrected chi connectivity index (χ0v) is 22.3. The third-order valence-corrected chi connectivity index (χ3v) is 9.33. The van der Waals surface area contributed by atoms with Crippen LogP contribution in [0.4, 0.5) is 18.9 Å². The number of rotatable bonds is 5. The number of halogens is 3. The van der Waals surface area contributed by atoms with Crippen molar-refractivity contribution < 1.29 is 26.6 Å². The summed E-state index contributed by atoms with van der Waals surface area (Å²) in [6, 6.07) is 16.5. The van der Waals surface area contributed by atoms with Gasteiger partial charge in [-0.2, -0.15) is 18.4 Å². The summed E-state index contributed by atoms with van der Waals surface area (Å²) in [4.78, 5) is 19.2. The van der Waals surface area contributed by atoms with Crippen LogP contribution in [0.3, 0.4) is 0 Å². The van der Waals surface area contributed by atoms with Gasteiger partial charge in [0.05, 0.1) is 34.5 Å². The number of amides is 1. The van der Waals surface area contributed by atoms with E-state index in [4.69, 9.17) is 4.42 Å². The maximum atomic E-state index is 13.5. The molecule has 0 spiro atoms. The van der Waals surface area contributed by atoms with Crippen LogP contribution >= 0.6 is 0 Å². The number of carbonyl (C=O) groups excluding carboxylic acids is 1. The topological polar surface area (TPSA) is 113 Å². The monoisotopic (exact) mass is 577 g/mol. The number of hydrogen-bond donors (Lipinski definition) is 0. The summed E-state index contributed by atoms with van der Waals surface area (Å²) < 4.78 is 57.9. The van der Waals surface area contributed by atoms with E-state index in [0.717, 1.165) is 17.8 Å². The Morgan fingerprint density at radius 2 is 1.80 bits per heavy atom. The lowest BCUT2D eigenvalue weighted by Crippen LogP contribution is -2.29. The summed E-state index contributed by atoms with van der Waals surface area (Å²) in [7, 11) is -2.76. The van der Waals surface area contributed by atoms with Gasteiger partial charge in [-0.15, -0.1) is 10.2 Å². The maximum absolute atomic E-state index is 13.5. The molecule has 41 heavy (non-hydrogen) atoms. The number of benzene rings is 2. The van der Waals surface area contributed by atoms with Crippen LogP contribution in [0.5, 0.6) is 0 Å². The van der Waals surface area contributed by atoms with Crippen molar-refractivity contribution in [1.29, 1.82) is 5.26 Å². The maximum Gasteiger partial charge on any atom is 0.417 e. The standard InChI is InChI=1S/C29H22F3N5O3S/c1-41(39)13-10-25(38)37(16-18-2-4-19(5-3-18)22-8-7-21(15-34-22)29(30,31)32)23-14-20(6-9-24(23)41)26-35-36-27(40-26)28(17-33)11-12-28/h2-9,14-15H,1,10-13,16H2. The van der Waals surface area contributed by atoms with Crippen LogP contribution < -0.4 is 4.90 Å².